The molecule has 1 aromatic heterocycles. The van der Waals surface area contributed by atoms with Gasteiger partial charge in [-0.1, -0.05) is 29.3 Å². The van der Waals surface area contributed by atoms with E-state index in [4.69, 9.17) is 28.9 Å². The lowest BCUT2D eigenvalue weighted by Crippen LogP contribution is -2.34. The average molecular weight is 453 g/mol. The minimum absolute atomic E-state index is 0. The van der Waals surface area contributed by atoms with Crippen LogP contribution in [0.25, 0.3) is 0 Å². The molecular formula is C15H19Cl2IN4. The highest BCUT2D eigenvalue weighted by Gasteiger charge is 2.10. The van der Waals surface area contributed by atoms with Crippen LogP contribution in [0.2, 0.25) is 10.0 Å². The molecule has 0 saturated heterocycles. The second kappa shape index (κ2) is 8.64. The molecule has 1 aromatic carbocycles. The number of aryl methyl sites for hydroxylation is 1. The van der Waals surface area contributed by atoms with Crippen LogP contribution in [-0.2, 0) is 13.6 Å². The van der Waals surface area contributed by atoms with Gasteiger partial charge in [0.25, 0.3) is 0 Å². The third-order valence-corrected chi connectivity index (χ3v) is 3.82. The van der Waals surface area contributed by atoms with Crippen LogP contribution in [-0.4, -0.2) is 10.5 Å². The Morgan fingerprint density at radius 2 is 2.09 bits per heavy atom. The van der Waals surface area contributed by atoms with Gasteiger partial charge in [-0.3, -0.25) is 0 Å². The first-order valence-corrected chi connectivity index (χ1v) is 7.34. The number of hydrogen-bond acceptors (Lipinski definition) is 1. The summed E-state index contributed by atoms with van der Waals surface area (Å²) in [6.45, 7) is 2.50. The van der Waals surface area contributed by atoms with E-state index in [-0.39, 0.29) is 30.0 Å². The van der Waals surface area contributed by atoms with Crippen molar-refractivity contribution in [3.63, 3.8) is 0 Å². The van der Waals surface area contributed by atoms with Crippen LogP contribution in [0, 0.1) is 0 Å². The Labute approximate surface area is 157 Å². The van der Waals surface area contributed by atoms with E-state index >= 15 is 0 Å². The number of nitrogens with one attached hydrogen (secondary N) is 1. The molecule has 2 rings (SSSR count). The van der Waals surface area contributed by atoms with Crippen LogP contribution in [0.4, 0.5) is 0 Å². The zero-order chi connectivity index (χ0) is 15.4. The molecule has 7 heteroatoms. The summed E-state index contributed by atoms with van der Waals surface area (Å²) in [7, 11) is 1.98. The predicted molar refractivity (Wildman–Crippen MR) is 104 cm³/mol. The van der Waals surface area contributed by atoms with Crippen molar-refractivity contribution in [2.24, 2.45) is 17.8 Å². The van der Waals surface area contributed by atoms with Crippen LogP contribution < -0.4 is 11.1 Å². The largest absolute Gasteiger partial charge is 0.370 e. The molecule has 1 atom stereocenters. The summed E-state index contributed by atoms with van der Waals surface area (Å²) in [4.78, 5) is 4.33. The van der Waals surface area contributed by atoms with Gasteiger partial charge in [0.2, 0.25) is 0 Å². The maximum atomic E-state index is 6.18. The van der Waals surface area contributed by atoms with Crippen LogP contribution >= 0.6 is 47.2 Å². The summed E-state index contributed by atoms with van der Waals surface area (Å²) in [6.07, 6.45) is 1.98. The topological polar surface area (TPSA) is 55.3 Å². The number of nitrogens with zero attached hydrogens (tertiary/aromatic N) is 2. The number of nitrogens with two attached hydrogens (primary N) is 1. The van der Waals surface area contributed by atoms with Gasteiger partial charge in [-0.25, -0.2) is 4.99 Å². The third-order valence-electron chi connectivity index (χ3n) is 3.26. The summed E-state index contributed by atoms with van der Waals surface area (Å²) >= 11 is 12.1. The smallest absolute Gasteiger partial charge is 0.189 e. The monoisotopic (exact) mass is 452 g/mol. The van der Waals surface area contributed by atoms with E-state index in [2.05, 4.69) is 10.3 Å². The first kappa shape index (κ1) is 19.1. The number of aromatic nitrogens is 1. The molecule has 0 aliphatic carbocycles. The lowest BCUT2D eigenvalue weighted by molar-refractivity contribution is 0.705. The minimum Gasteiger partial charge on any atom is -0.370 e. The third kappa shape index (κ3) is 5.07. The molecule has 0 radical (unpaired) electrons. The number of benzene rings is 1. The fourth-order valence-electron chi connectivity index (χ4n) is 2.02. The summed E-state index contributed by atoms with van der Waals surface area (Å²) in [5.74, 6) is 0.384. The van der Waals surface area contributed by atoms with Crippen LogP contribution in [0.15, 0.2) is 41.5 Å². The second-order valence-electron chi connectivity index (χ2n) is 4.84. The Morgan fingerprint density at radius 1 is 1.36 bits per heavy atom. The molecule has 0 bridgehead atoms. The molecular weight excluding hydrogens is 434 g/mol. The van der Waals surface area contributed by atoms with E-state index in [0.717, 1.165) is 11.3 Å². The molecule has 1 heterocycles. The van der Waals surface area contributed by atoms with Crippen molar-refractivity contribution in [1.29, 1.82) is 0 Å². The van der Waals surface area contributed by atoms with Crippen LogP contribution in [0.1, 0.15) is 24.2 Å². The fraction of sp³-hybridized carbons (Fsp3) is 0.267. The van der Waals surface area contributed by atoms with Gasteiger partial charge in [-0.15, -0.1) is 24.0 Å². The molecule has 0 aliphatic heterocycles. The Balaban J connectivity index is 0.00000242. The van der Waals surface area contributed by atoms with Gasteiger partial charge in [0.1, 0.15) is 0 Å². The molecule has 0 amide bonds. The first-order chi connectivity index (χ1) is 9.97. The minimum atomic E-state index is -0.0491. The molecule has 3 N–H and O–H groups in total. The van der Waals surface area contributed by atoms with Crippen molar-refractivity contribution in [2.45, 2.75) is 19.5 Å². The zero-order valence-corrected chi connectivity index (χ0v) is 16.2. The van der Waals surface area contributed by atoms with Gasteiger partial charge in [-0.2, -0.15) is 0 Å². The number of guanidine groups is 1. The number of rotatable bonds is 4. The number of halogens is 3. The molecule has 22 heavy (non-hydrogen) atoms. The highest BCUT2D eigenvalue weighted by atomic mass is 127. The number of hydrogen-bond donors (Lipinski definition) is 2. The Hall–Kier alpha value is -0.920. The maximum absolute atomic E-state index is 6.18. The molecule has 0 spiro atoms. The van der Waals surface area contributed by atoms with E-state index in [1.165, 1.54) is 0 Å². The predicted octanol–water partition coefficient (Wildman–Crippen LogP) is 4.12. The molecule has 0 saturated carbocycles. The van der Waals surface area contributed by atoms with Crippen molar-refractivity contribution in [3.05, 3.63) is 57.8 Å². The van der Waals surface area contributed by atoms with Gasteiger partial charge in [0, 0.05) is 29.0 Å². The first-order valence-electron chi connectivity index (χ1n) is 6.59. The highest BCUT2D eigenvalue weighted by Crippen LogP contribution is 2.25. The van der Waals surface area contributed by atoms with E-state index in [9.17, 15) is 0 Å². The molecule has 0 fully saturated rings. The van der Waals surface area contributed by atoms with Gasteiger partial charge in [0.15, 0.2) is 5.96 Å². The van der Waals surface area contributed by atoms with Crippen molar-refractivity contribution >= 4 is 53.1 Å². The fourth-order valence-corrected chi connectivity index (χ4v) is 2.60. The molecule has 0 aliphatic rings. The molecule has 1 unspecified atom stereocenters. The second-order valence-corrected chi connectivity index (χ2v) is 5.69. The van der Waals surface area contributed by atoms with E-state index in [1.54, 1.807) is 12.1 Å². The lowest BCUT2D eigenvalue weighted by atomic mass is 10.1. The zero-order valence-electron chi connectivity index (χ0n) is 12.4. The van der Waals surface area contributed by atoms with Crippen LogP contribution in [0.5, 0.6) is 0 Å². The van der Waals surface area contributed by atoms with Crippen LogP contribution in [0.3, 0.4) is 0 Å². The van der Waals surface area contributed by atoms with E-state index < -0.39 is 0 Å². The Kier molecular flexibility index (Phi) is 7.52. The normalized spacial score (nSPS) is 12.6. The van der Waals surface area contributed by atoms with Gasteiger partial charge in [-0.05, 0) is 36.8 Å². The maximum Gasteiger partial charge on any atom is 0.189 e. The summed E-state index contributed by atoms with van der Waals surface area (Å²) in [5, 5.41) is 4.35. The Morgan fingerprint density at radius 3 is 2.68 bits per heavy atom. The van der Waals surface area contributed by atoms with Gasteiger partial charge < -0.3 is 15.6 Å². The van der Waals surface area contributed by atoms with Crippen molar-refractivity contribution < 1.29 is 0 Å². The quantitative estimate of drug-likeness (QED) is 0.416. The molecule has 4 nitrogen and oxygen atoms in total. The summed E-state index contributed by atoms with van der Waals surface area (Å²) in [5.41, 5.74) is 7.94. The van der Waals surface area contributed by atoms with Crippen molar-refractivity contribution in [2.75, 3.05) is 0 Å². The van der Waals surface area contributed by atoms with Gasteiger partial charge >= 0.3 is 0 Å². The average Bonchev–Trinajstić information content (AvgIpc) is 2.81. The van der Waals surface area contributed by atoms with Gasteiger partial charge in [0.05, 0.1) is 12.6 Å². The Bertz CT molecular complexity index is 655. The lowest BCUT2D eigenvalue weighted by Gasteiger charge is -2.16. The van der Waals surface area contributed by atoms with E-state index in [0.29, 0.717) is 22.5 Å². The summed E-state index contributed by atoms with van der Waals surface area (Å²) in [6, 6.07) is 9.34. The van der Waals surface area contributed by atoms with Crippen molar-refractivity contribution in [3.8, 4) is 0 Å². The molecule has 2 aromatic rings. The summed E-state index contributed by atoms with van der Waals surface area (Å²) < 4.78 is 2.01. The number of aliphatic imine (C=N–C) groups is 1. The van der Waals surface area contributed by atoms with Crippen molar-refractivity contribution in [1.82, 2.24) is 9.88 Å². The molecule has 120 valence electrons. The van der Waals surface area contributed by atoms with E-state index in [1.807, 2.05) is 42.9 Å². The standard InChI is InChI=1S/C15H18Cl2N4.HI/c1-10(13-6-5-11(16)8-14(13)17)20-15(18)19-9-12-4-3-7-21(12)2;/h3-8,10H,9H2,1-2H3,(H3,18,19,20);1H. The SMILES string of the molecule is CC(NC(N)=NCc1cccn1C)c1ccc(Cl)cc1Cl.I. The highest BCUT2D eigenvalue weighted by molar-refractivity contribution is 14.0.